The van der Waals surface area contributed by atoms with Crippen molar-refractivity contribution in [3.63, 3.8) is 0 Å². The lowest BCUT2D eigenvalue weighted by Gasteiger charge is -2.27. The Morgan fingerprint density at radius 1 is 1.50 bits per heavy atom. The van der Waals surface area contributed by atoms with Gasteiger partial charge in [0.25, 0.3) is 0 Å². The van der Waals surface area contributed by atoms with Crippen molar-refractivity contribution in [2.45, 2.75) is 58.9 Å². The topological polar surface area (TPSA) is 47.8 Å². The Morgan fingerprint density at radius 2 is 2.28 bits per heavy atom. The second kappa shape index (κ2) is 5.63. The molecule has 0 N–H and O–H groups in total. The van der Waals surface area contributed by atoms with E-state index in [2.05, 4.69) is 30.9 Å². The summed E-state index contributed by atoms with van der Waals surface area (Å²) in [4.78, 5) is 16.3. The summed E-state index contributed by atoms with van der Waals surface area (Å²) < 4.78 is 1.93. The Morgan fingerprint density at radius 3 is 2.94 bits per heavy atom. The maximum atomic E-state index is 12.0. The van der Waals surface area contributed by atoms with Gasteiger partial charge >= 0.3 is 0 Å². The van der Waals surface area contributed by atoms with E-state index >= 15 is 0 Å². The van der Waals surface area contributed by atoms with Gasteiger partial charge in [-0.05, 0) is 32.6 Å². The third-order valence-electron chi connectivity index (χ3n) is 4.01. The number of aromatic nitrogens is 3. The van der Waals surface area contributed by atoms with Gasteiger partial charge in [-0.3, -0.25) is 4.79 Å². The van der Waals surface area contributed by atoms with Crippen LogP contribution in [0.4, 0.5) is 0 Å². The Kier molecular flexibility index (Phi) is 4.15. The fraction of sp³-hybridized carbons (Fsp3) is 0.786. The minimum Gasteiger partial charge on any atom is -0.299 e. The summed E-state index contributed by atoms with van der Waals surface area (Å²) in [6.07, 6.45) is 6.39. The van der Waals surface area contributed by atoms with Crippen molar-refractivity contribution in [1.82, 2.24) is 14.8 Å². The number of ketones is 1. The number of rotatable bonds is 4. The molecule has 1 aliphatic carbocycles. The summed E-state index contributed by atoms with van der Waals surface area (Å²) in [6.45, 7) is 6.40. The van der Waals surface area contributed by atoms with Gasteiger partial charge < -0.3 is 0 Å². The highest BCUT2D eigenvalue weighted by atomic mass is 16.1. The molecule has 1 saturated carbocycles. The van der Waals surface area contributed by atoms with Crippen molar-refractivity contribution in [2.75, 3.05) is 0 Å². The van der Waals surface area contributed by atoms with Crippen LogP contribution < -0.4 is 0 Å². The molecule has 0 bridgehead atoms. The molecule has 2 rings (SSSR count). The van der Waals surface area contributed by atoms with E-state index in [1.54, 1.807) is 6.33 Å². The summed E-state index contributed by atoms with van der Waals surface area (Å²) in [6, 6.07) is 0.308. The zero-order valence-electron chi connectivity index (χ0n) is 11.6. The van der Waals surface area contributed by atoms with Crippen LogP contribution in [0.25, 0.3) is 0 Å². The van der Waals surface area contributed by atoms with E-state index in [9.17, 15) is 4.79 Å². The molecule has 2 unspecified atom stereocenters. The molecule has 0 saturated heterocycles. The van der Waals surface area contributed by atoms with Crippen LogP contribution >= 0.6 is 0 Å². The van der Waals surface area contributed by atoms with Crippen molar-refractivity contribution in [3.8, 4) is 0 Å². The van der Waals surface area contributed by atoms with Gasteiger partial charge in [0.2, 0.25) is 0 Å². The molecular formula is C14H23N3O. The van der Waals surface area contributed by atoms with Gasteiger partial charge in [-0.1, -0.05) is 13.3 Å². The third-order valence-corrected chi connectivity index (χ3v) is 4.01. The Labute approximate surface area is 109 Å². The van der Waals surface area contributed by atoms with E-state index in [1.807, 2.05) is 4.68 Å². The van der Waals surface area contributed by atoms with Crippen LogP contribution in [0.5, 0.6) is 0 Å². The third kappa shape index (κ3) is 2.79. The van der Waals surface area contributed by atoms with Gasteiger partial charge in [0.15, 0.2) is 0 Å². The first-order valence-corrected chi connectivity index (χ1v) is 7.02. The number of Topliss-reactive ketones (excluding diaryl/α,β-unsaturated/α-hetero) is 1. The molecule has 1 aromatic rings. The second-order valence-electron chi connectivity index (χ2n) is 5.63. The molecule has 100 valence electrons. The minimum absolute atomic E-state index is 0.158. The zero-order chi connectivity index (χ0) is 13.1. The fourth-order valence-corrected chi connectivity index (χ4v) is 2.84. The zero-order valence-corrected chi connectivity index (χ0v) is 11.6. The molecule has 0 aromatic carbocycles. The maximum Gasteiger partial charge on any atom is 0.138 e. The number of nitrogens with zero attached hydrogens (tertiary/aromatic N) is 3. The normalized spacial score (nSPS) is 24.8. The first-order valence-electron chi connectivity index (χ1n) is 7.02. The average Bonchev–Trinajstić information content (AvgIpc) is 2.80. The van der Waals surface area contributed by atoms with Crippen LogP contribution in [0.2, 0.25) is 0 Å². The lowest BCUT2D eigenvalue weighted by atomic mass is 9.78. The van der Waals surface area contributed by atoms with Gasteiger partial charge in [0.05, 0.1) is 0 Å². The summed E-state index contributed by atoms with van der Waals surface area (Å²) in [5.41, 5.74) is 0. The summed E-state index contributed by atoms with van der Waals surface area (Å²) in [5, 5.41) is 4.24. The lowest BCUT2D eigenvalue weighted by Crippen LogP contribution is -2.27. The molecule has 0 amide bonds. The quantitative estimate of drug-likeness (QED) is 0.824. The first kappa shape index (κ1) is 13.2. The highest BCUT2D eigenvalue weighted by Crippen LogP contribution is 2.30. The van der Waals surface area contributed by atoms with Crippen LogP contribution in [0.3, 0.4) is 0 Å². The monoisotopic (exact) mass is 249 g/mol. The highest BCUT2D eigenvalue weighted by molar-refractivity contribution is 5.81. The number of carbonyl (C=O) groups excluding carboxylic acids is 1. The van der Waals surface area contributed by atoms with E-state index in [4.69, 9.17) is 0 Å². The van der Waals surface area contributed by atoms with E-state index in [0.717, 1.165) is 31.5 Å². The Hall–Kier alpha value is -1.19. The van der Waals surface area contributed by atoms with E-state index < -0.39 is 0 Å². The van der Waals surface area contributed by atoms with Gasteiger partial charge in [-0.15, -0.1) is 0 Å². The second-order valence-corrected chi connectivity index (χ2v) is 5.63. The van der Waals surface area contributed by atoms with Crippen LogP contribution in [0.15, 0.2) is 6.33 Å². The summed E-state index contributed by atoms with van der Waals surface area (Å²) >= 11 is 0. The van der Waals surface area contributed by atoms with Crippen molar-refractivity contribution in [3.05, 3.63) is 12.2 Å². The van der Waals surface area contributed by atoms with Gasteiger partial charge in [0, 0.05) is 24.8 Å². The van der Waals surface area contributed by atoms with Crippen molar-refractivity contribution in [2.24, 2.45) is 11.8 Å². The molecular weight excluding hydrogens is 226 g/mol. The summed E-state index contributed by atoms with van der Waals surface area (Å²) in [5.74, 6) is 2.24. The molecule has 4 nitrogen and oxygen atoms in total. The Balaban J connectivity index is 2.07. The van der Waals surface area contributed by atoms with Gasteiger partial charge in [0.1, 0.15) is 17.9 Å². The van der Waals surface area contributed by atoms with Crippen LogP contribution in [0.1, 0.15) is 58.3 Å². The van der Waals surface area contributed by atoms with Crippen LogP contribution in [-0.2, 0) is 11.2 Å². The van der Waals surface area contributed by atoms with E-state index in [0.29, 0.717) is 17.7 Å². The molecule has 1 aliphatic rings. The smallest absolute Gasteiger partial charge is 0.138 e. The minimum atomic E-state index is 0.158. The van der Waals surface area contributed by atoms with Crippen LogP contribution in [0, 0.1) is 11.8 Å². The fourth-order valence-electron chi connectivity index (χ4n) is 2.84. The SMILES string of the molecule is CCC1CCC(=O)C(Cc2ncnn2C(C)C)C1. The van der Waals surface area contributed by atoms with Crippen LogP contribution in [-0.4, -0.2) is 20.5 Å². The summed E-state index contributed by atoms with van der Waals surface area (Å²) in [7, 11) is 0. The number of carbonyl (C=O) groups is 1. The molecule has 1 aromatic heterocycles. The molecule has 2 atom stereocenters. The van der Waals surface area contributed by atoms with E-state index in [-0.39, 0.29) is 5.92 Å². The number of hydrogen-bond donors (Lipinski definition) is 0. The maximum absolute atomic E-state index is 12.0. The predicted molar refractivity (Wildman–Crippen MR) is 70.2 cm³/mol. The molecule has 0 aliphatic heterocycles. The molecule has 1 fully saturated rings. The number of hydrogen-bond acceptors (Lipinski definition) is 3. The Bertz CT molecular complexity index is 411. The molecule has 18 heavy (non-hydrogen) atoms. The molecule has 0 radical (unpaired) electrons. The predicted octanol–water partition coefficient (Wildman–Crippen LogP) is 2.80. The van der Waals surface area contributed by atoms with Crippen molar-refractivity contribution in [1.29, 1.82) is 0 Å². The van der Waals surface area contributed by atoms with Crippen molar-refractivity contribution < 1.29 is 4.79 Å². The van der Waals surface area contributed by atoms with Gasteiger partial charge in [-0.25, -0.2) is 9.67 Å². The largest absolute Gasteiger partial charge is 0.299 e. The standard InChI is InChI=1S/C14H23N3O/c1-4-11-5-6-13(18)12(7-11)8-14-15-9-16-17(14)10(2)3/h9-12H,4-8H2,1-3H3. The van der Waals surface area contributed by atoms with E-state index in [1.165, 1.54) is 6.42 Å². The molecule has 0 spiro atoms. The van der Waals surface area contributed by atoms with Crippen molar-refractivity contribution >= 4 is 5.78 Å². The first-order chi connectivity index (χ1) is 8.61. The average molecular weight is 249 g/mol. The van der Waals surface area contributed by atoms with Gasteiger partial charge in [-0.2, -0.15) is 5.10 Å². The molecule has 4 heteroatoms. The lowest BCUT2D eigenvalue weighted by molar-refractivity contribution is -0.125. The highest BCUT2D eigenvalue weighted by Gasteiger charge is 2.29. The molecule has 1 heterocycles.